The molecule has 4 rings (SSSR count). The zero-order valence-electron chi connectivity index (χ0n) is 18.1. The molecular formula is C27H22N2O4. The Morgan fingerprint density at radius 2 is 1.79 bits per heavy atom. The summed E-state index contributed by atoms with van der Waals surface area (Å²) in [7, 11) is 0. The largest absolute Gasteiger partial charge is 0.494 e. The van der Waals surface area contributed by atoms with Crippen molar-refractivity contribution < 1.29 is 13.9 Å². The highest BCUT2D eigenvalue weighted by Crippen LogP contribution is 2.24. The third-order valence-electron chi connectivity index (χ3n) is 5.61. The fraction of sp³-hybridized carbons (Fsp3) is 0.148. The molecule has 0 saturated carbocycles. The van der Waals surface area contributed by atoms with Crippen molar-refractivity contribution in [2.75, 3.05) is 12.3 Å². The van der Waals surface area contributed by atoms with E-state index in [2.05, 4.69) is 19.1 Å². The second kappa shape index (κ2) is 9.41. The Kier molecular flexibility index (Phi) is 6.23. The number of nitrogens with zero attached hydrogens (tertiary/aromatic N) is 1. The number of carbonyl (C=O) groups excluding carboxylic acids is 1. The normalized spacial score (nSPS) is 11.6. The first-order valence-corrected chi connectivity index (χ1v) is 10.6. The summed E-state index contributed by atoms with van der Waals surface area (Å²) in [6, 6.07) is 23.5. The predicted octanol–water partition coefficient (Wildman–Crippen LogP) is 5.05. The van der Waals surface area contributed by atoms with Gasteiger partial charge in [-0.25, -0.2) is 0 Å². The number of carbonyl (C=O) groups is 1. The Morgan fingerprint density at radius 1 is 1.06 bits per heavy atom. The first kappa shape index (κ1) is 21.8. The fourth-order valence-corrected chi connectivity index (χ4v) is 3.69. The smallest absolute Gasteiger partial charge is 0.230 e. The zero-order valence-corrected chi connectivity index (χ0v) is 18.1. The van der Waals surface area contributed by atoms with Crippen LogP contribution in [0.1, 0.15) is 46.5 Å². The molecule has 164 valence electrons. The van der Waals surface area contributed by atoms with E-state index in [0.717, 1.165) is 6.42 Å². The summed E-state index contributed by atoms with van der Waals surface area (Å²) in [5, 5.41) is 9.16. The molecule has 2 N–H and O–H groups in total. The van der Waals surface area contributed by atoms with Crippen LogP contribution in [0.3, 0.4) is 0 Å². The van der Waals surface area contributed by atoms with E-state index in [1.165, 1.54) is 11.6 Å². The van der Waals surface area contributed by atoms with E-state index in [0.29, 0.717) is 23.8 Å². The number of fused-ring (bicyclic) bond motifs is 1. The molecule has 0 radical (unpaired) electrons. The van der Waals surface area contributed by atoms with Gasteiger partial charge in [0.05, 0.1) is 12.0 Å². The van der Waals surface area contributed by atoms with Gasteiger partial charge in [-0.05, 0) is 48.2 Å². The van der Waals surface area contributed by atoms with Gasteiger partial charge in [0.2, 0.25) is 11.2 Å². The molecule has 33 heavy (non-hydrogen) atoms. The molecule has 0 bridgehead atoms. The quantitative estimate of drug-likeness (QED) is 0.405. The van der Waals surface area contributed by atoms with Crippen molar-refractivity contribution >= 4 is 22.4 Å². The topological polar surface area (TPSA) is 106 Å². The van der Waals surface area contributed by atoms with E-state index in [9.17, 15) is 9.59 Å². The van der Waals surface area contributed by atoms with Crippen molar-refractivity contribution in [2.45, 2.75) is 19.3 Å². The Labute approximate surface area is 190 Å². The number of hydrogen-bond donors (Lipinski definition) is 1. The Bertz CT molecular complexity index is 1400. The van der Waals surface area contributed by atoms with Crippen LogP contribution in [0.15, 0.2) is 82.0 Å². The maximum Gasteiger partial charge on any atom is 0.230 e. The number of rotatable bonds is 7. The van der Waals surface area contributed by atoms with E-state index in [1.807, 2.05) is 18.2 Å². The average Bonchev–Trinajstić information content (AvgIpc) is 2.86. The van der Waals surface area contributed by atoms with E-state index in [4.69, 9.17) is 20.1 Å². The summed E-state index contributed by atoms with van der Waals surface area (Å²) in [4.78, 5) is 25.8. The lowest BCUT2D eigenvalue weighted by molar-refractivity contribution is 0.104. The number of benzene rings is 3. The average molecular weight is 438 g/mol. The number of ether oxygens (including phenoxy) is 1. The monoisotopic (exact) mass is 438 g/mol. The molecule has 0 fully saturated rings. The lowest BCUT2D eigenvalue weighted by atomic mass is 9.98. The summed E-state index contributed by atoms with van der Waals surface area (Å²) in [5.41, 5.74) is 6.81. The van der Waals surface area contributed by atoms with Crippen molar-refractivity contribution in [2.24, 2.45) is 0 Å². The van der Waals surface area contributed by atoms with Crippen LogP contribution in [0.2, 0.25) is 0 Å². The molecule has 3 aromatic carbocycles. The minimum Gasteiger partial charge on any atom is -0.494 e. The Morgan fingerprint density at radius 3 is 2.48 bits per heavy atom. The number of hydrogen-bond acceptors (Lipinski definition) is 6. The Balaban J connectivity index is 1.50. The maximum atomic E-state index is 13.1. The highest BCUT2D eigenvalue weighted by molar-refractivity contribution is 6.16. The number of nitriles is 1. The molecule has 1 aromatic heterocycles. The third kappa shape index (κ3) is 4.48. The molecule has 1 atom stereocenters. The lowest BCUT2D eigenvalue weighted by Gasteiger charge is -2.13. The predicted molar refractivity (Wildman–Crippen MR) is 126 cm³/mol. The molecule has 0 saturated heterocycles. The van der Waals surface area contributed by atoms with E-state index in [-0.39, 0.29) is 33.8 Å². The maximum absolute atomic E-state index is 13.1. The number of anilines is 1. The highest BCUT2D eigenvalue weighted by atomic mass is 16.5. The van der Waals surface area contributed by atoms with Gasteiger partial charge in [-0.3, -0.25) is 9.59 Å². The third-order valence-corrected chi connectivity index (χ3v) is 5.61. The van der Waals surface area contributed by atoms with Gasteiger partial charge in [-0.1, -0.05) is 49.4 Å². The zero-order chi connectivity index (χ0) is 23.4. The first-order valence-electron chi connectivity index (χ1n) is 10.6. The summed E-state index contributed by atoms with van der Waals surface area (Å²) < 4.78 is 11.3. The van der Waals surface area contributed by atoms with Gasteiger partial charge in [0.25, 0.3) is 0 Å². The molecule has 0 aliphatic carbocycles. The summed E-state index contributed by atoms with van der Waals surface area (Å²) in [6.07, 6.45) is 0.864. The van der Waals surface area contributed by atoms with Crippen molar-refractivity contribution in [1.29, 1.82) is 5.26 Å². The van der Waals surface area contributed by atoms with Gasteiger partial charge >= 0.3 is 0 Å². The van der Waals surface area contributed by atoms with Gasteiger partial charge in [0.15, 0.2) is 5.78 Å². The molecule has 6 nitrogen and oxygen atoms in total. The number of nitrogen functional groups attached to an aromatic ring is 1. The van der Waals surface area contributed by atoms with Crippen LogP contribution in [-0.4, -0.2) is 12.4 Å². The molecular weight excluding hydrogens is 416 g/mol. The molecule has 4 aromatic rings. The molecule has 1 heterocycles. The minimum absolute atomic E-state index is 0.0641. The van der Waals surface area contributed by atoms with Gasteiger partial charge in [0, 0.05) is 11.1 Å². The van der Waals surface area contributed by atoms with Crippen LogP contribution >= 0.6 is 0 Å². The molecule has 0 spiro atoms. The van der Waals surface area contributed by atoms with Crippen molar-refractivity contribution in [3.05, 3.63) is 105 Å². The second-order valence-electron chi connectivity index (χ2n) is 7.77. The van der Waals surface area contributed by atoms with Crippen molar-refractivity contribution in [1.82, 2.24) is 0 Å². The van der Waals surface area contributed by atoms with Crippen LogP contribution in [0.5, 0.6) is 5.75 Å². The second-order valence-corrected chi connectivity index (χ2v) is 7.77. The van der Waals surface area contributed by atoms with E-state index >= 15 is 0 Å². The lowest BCUT2D eigenvalue weighted by Crippen LogP contribution is -2.14. The van der Waals surface area contributed by atoms with Crippen LogP contribution in [0, 0.1) is 11.3 Å². The standard InChI is InChI=1S/C27H22N2O4/c1-17(18-6-3-2-4-7-18)14-15-32-20-12-10-19(11-13-20)26(30)21-8-5-9-22-24(21)27(31)25(29)23(16-28)33-22/h2-13,17H,14-15,29H2,1H3. The number of ketones is 1. The van der Waals surface area contributed by atoms with Gasteiger partial charge < -0.3 is 14.9 Å². The molecule has 1 unspecified atom stereocenters. The fourth-order valence-electron chi connectivity index (χ4n) is 3.69. The van der Waals surface area contributed by atoms with Gasteiger partial charge in [-0.15, -0.1) is 0 Å². The molecule has 6 heteroatoms. The molecule has 0 aliphatic rings. The van der Waals surface area contributed by atoms with Crippen LogP contribution in [0.4, 0.5) is 5.69 Å². The minimum atomic E-state index is -0.593. The molecule has 0 aliphatic heterocycles. The van der Waals surface area contributed by atoms with E-state index in [1.54, 1.807) is 42.5 Å². The Hall–Kier alpha value is -4.37. The molecule has 0 amide bonds. The summed E-state index contributed by atoms with van der Waals surface area (Å²) in [6.45, 7) is 2.71. The van der Waals surface area contributed by atoms with Crippen LogP contribution in [0.25, 0.3) is 11.0 Å². The van der Waals surface area contributed by atoms with Crippen LogP contribution in [-0.2, 0) is 0 Å². The van der Waals surface area contributed by atoms with Gasteiger partial charge in [-0.2, -0.15) is 5.26 Å². The SMILES string of the molecule is CC(CCOc1ccc(C(=O)c2cccc3oc(C#N)c(N)c(=O)c23)cc1)c1ccccc1. The summed E-state index contributed by atoms with van der Waals surface area (Å²) in [5.74, 6) is 0.424. The van der Waals surface area contributed by atoms with Crippen molar-refractivity contribution in [3.63, 3.8) is 0 Å². The van der Waals surface area contributed by atoms with E-state index < -0.39 is 5.43 Å². The van der Waals surface area contributed by atoms with Crippen molar-refractivity contribution in [3.8, 4) is 11.8 Å². The number of nitrogens with two attached hydrogens (primary N) is 1. The summed E-state index contributed by atoms with van der Waals surface area (Å²) >= 11 is 0. The van der Waals surface area contributed by atoms with Gasteiger partial charge in [0.1, 0.15) is 23.1 Å². The van der Waals surface area contributed by atoms with Crippen LogP contribution < -0.4 is 15.9 Å². The highest BCUT2D eigenvalue weighted by Gasteiger charge is 2.19. The first-order chi connectivity index (χ1) is 16.0.